The molecule has 2 aliphatic heterocycles. The standard InChI is InChI=1S/C19H20N4O7/c1-20-13(24)7-8-21-15(26)9-30-12-4-2-3-10-16(12)19(29)23(18(10)28)11-5-6-14(25)22-17(11)27/h2-4,11H,5-9H2,1H3,(H,20,24)(H,21,26)(H,22,25,27). The minimum absolute atomic E-state index is 0.0173. The normalized spacial score (nSPS) is 18.0. The number of nitrogens with one attached hydrogen (secondary N) is 3. The van der Waals surface area contributed by atoms with Crippen LogP contribution < -0.4 is 20.7 Å². The largest absolute Gasteiger partial charge is 0.483 e. The van der Waals surface area contributed by atoms with Crippen molar-refractivity contribution in [3.05, 3.63) is 29.3 Å². The fourth-order valence-corrected chi connectivity index (χ4v) is 3.24. The van der Waals surface area contributed by atoms with E-state index in [0.29, 0.717) is 0 Å². The van der Waals surface area contributed by atoms with Crippen LogP contribution in [0, 0.1) is 0 Å². The fraction of sp³-hybridized carbons (Fsp3) is 0.368. The molecule has 1 aromatic rings. The topological polar surface area (TPSA) is 151 Å². The van der Waals surface area contributed by atoms with Crippen LogP contribution in [0.5, 0.6) is 5.75 Å². The van der Waals surface area contributed by atoms with E-state index in [2.05, 4.69) is 16.0 Å². The van der Waals surface area contributed by atoms with Gasteiger partial charge in [-0.1, -0.05) is 6.07 Å². The van der Waals surface area contributed by atoms with Gasteiger partial charge in [0.15, 0.2) is 6.61 Å². The molecule has 6 amide bonds. The van der Waals surface area contributed by atoms with Gasteiger partial charge in [0.25, 0.3) is 17.7 Å². The molecule has 11 nitrogen and oxygen atoms in total. The highest BCUT2D eigenvalue weighted by Gasteiger charge is 2.46. The molecule has 158 valence electrons. The van der Waals surface area contributed by atoms with Crippen LogP contribution in [0.2, 0.25) is 0 Å². The SMILES string of the molecule is CNC(=O)CCNC(=O)COc1cccc2c1C(=O)N(C1CCC(=O)NC1=O)C2=O. The molecule has 1 fully saturated rings. The average Bonchev–Trinajstić information content (AvgIpc) is 2.97. The zero-order chi connectivity index (χ0) is 21.8. The monoisotopic (exact) mass is 416 g/mol. The predicted molar refractivity (Wildman–Crippen MR) is 100 cm³/mol. The summed E-state index contributed by atoms with van der Waals surface area (Å²) < 4.78 is 5.43. The predicted octanol–water partition coefficient (Wildman–Crippen LogP) is -1.28. The number of nitrogens with zero attached hydrogens (tertiary/aromatic N) is 1. The number of benzene rings is 1. The minimum atomic E-state index is -1.09. The van der Waals surface area contributed by atoms with Crippen molar-refractivity contribution in [3.63, 3.8) is 0 Å². The molecular weight excluding hydrogens is 396 g/mol. The lowest BCUT2D eigenvalue weighted by Gasteiger charge is -2.27. The van der Waals surface area contributed by atoms with Crippen LogP contribution >= 0.6 is 0 Å². The molecule has 0 aromatic heterocycles. The number of piperidine rings is 1. The van der Waals surface area contributed by atoms with Crippen molar-refractivity contribution < 1.29 is 33.5 Å². The van der Waals surface area contributed by atoms with Crippen molar-refractivity contribution in [1.82, 2.24) is 20.9 Å². The first-order chi connectivity index (χ1) is 14.3. The number of hydrogen-bond donors (Lipinski definition) is 3. The summed E-state index contributed by atoms with van der Waals surface area (Å²) in [7, 11) is 1.49. The molecule has 2 heterocycles. The Morgan fingerprint density at radius 1 is 1.17 bits per heavy atom. The average molecular weight is 416 g/mol. The molecule has 1 unspecified atom stereocenters. The summed E-state index contributed by atoms with van der Waals surface area (Å²) in [6.07, 6.45) is 0.167. The number of carbonyl (C=O) groups excluding carboxylic acids is 6. The lowest BCUT2D eigenvalue weighted by atomic mass is 10.0. The zero-order valence-electron chi connectivity index (χ0n) is 16.1. The van der Waals surface area contributed by atoms with Gasteiger partial charge in [0.1, 0.15) is 11.8 Å². The number of fused-ring (bicyclic) bond motifs is 1. The van der Waals surface area contributed by atoms with Crippen LogP contribution in [0.4, 0.5) is 0 Å². The van der Waals surface area contributed by atoms with Gasteiger partial charge in [0.2, 0.25) is 17.7 Å². The Morgan fingerprint density at radius 3 is 2.63 bits per heavy atom. The summed E-state index contributed by atoms with van der Waals surface area (Å²) in [5.41, 5.74) is 0.0209. The fourth-order valence-electron chi connectivity index (χ4n) is 3.24. The van der Waals surface area contributed by atoms with Crippen LogP contribution in [0.25, 0.3) is 0 Å². The van der Waals surface area contributed by atoms with Gasteiger partial charge in [-0.15, -0.1) is 0 Å². The molecule has 11 heteroatoms. The second kappa shape index (κ2) is 8.72. The van der Waals surface area contributed by atoms with Gasteiger partial charge in [0.05, 0.1) is 11.1 Å². The number of rotatable bonds is 7. The van der Waals surface area contributed by atoms with E-state index in [9.17, 15) is 28.8 Å². The van der Waals surface area contributed by atoms with E-state index in [1.54, 1.807) is 0 Å². The van der Waals surface area contributed by atoms with E-state index >= 15 is 0 Å². The Balaban J connectivity index is 1.69. The molecule has 0 saturated carbocycles. The van der Waals surface area contributed by atoms with E-state index in [1.807, 2.05) is 0 Å². The van der Waals surface area contributed by atoms with Gasteiger partial charge < -0.3 is 15.4 Å². The smallest absolute Gasteiger partial charge is 0.266 e. The van der Waals surface area contributed by atoms with Gasteiger partial charge in [0, 0.05) is 26.4 Å². The van der Waals surface area contributed by atoms with Crippen molar-refractivity contribution in [2.24, 2.45) is 0 Å². The lowest BCUT2D eigenvalue weighted by Crippen LogP contribution is -2.54. The molecule has 0 radical (unpaired) electrons. The molecule has 3 rings (SSSR count). The van der Waals surface area contributed by atoms with Gasteiger partial charge >= 0.3 is 0 Å². The number of amides is 6. The molecule has 1 atom stereocenters. The van der Waals surface area contributed by atoms with Crippen LogP contribution in [-0.2, 0) is 19.2 Å². The van der Waals surface area contributed by atoms with Crippen LogP contribution in [0.1, 0.15) is 40.0 Å². The third kappa shape index (κ3) is 4.14. The first kappa shape index (κ1) is 21.0. The summed E-state index contributed by atoms with van der Waals surface area (Å²) >= 11 is 0. The Labute approximate surface area is 171 Å². The van der Waals surface area contributed by atoms with Crippen molar-refractivity contribution in [1.29, 1.82) is 0 Å². The summed E-state index contributed by atoms with van der Waals surface area (Å²) in [5, 5.41) is 7.06. The third-order valence-corrected chi connectivity index (χ3v) is 4.74. The number of imide groups is 2. The summed E-state index contributed by atoms with van der Waals surface area (Å²) in [6, 6.07) is 3.28. The molecular formula is C19H20N4O7. The third-order valence-electron chi connectivity index (χ3n) is 4.74. The minimum Gasteiger partial charge on any atom is -0.483 e. The maximum Gasteiger partial charge on any atom is 0.266 e. The molecule has 1 saturated heterocycles. The molecule has 0 bridgehead atoms. The van der Waals surface area contributed by atoms with Gasteiger partial charge in [-0.25, -0.2) is 0 Å². The molecule has 1 aromatic carbocycles. The Bertz CT molecular complexity index is 943. The number of hydrogen-bond acceptors (Lipinski definition) is 7. The Morgan fingerprint density at radius 2 is 1.93 bits per heavy atom. The second-order valence-electron chi connectivity index (χ2n) is 6.69. The maximum absolute atomic E-state index is 12.9. The molecule has 3 N–H and O–H groups in total. The van der Waals surface area contributed by atoms with Crippen molar-refractivity contribution in [3.8, 4) is 5.75 Å². The number of ether oxygens (including phenoxy) is 1. The van der Waals surface area contributed by atoms with Gasteiger partial charge in [-0.2, -0.15) is 0 Å². The quantitative estimate of drug-likeness (QED) is 0.468. The van der Waals surface area contributed by atoms with Crippen molar-refractivity contribution in [2.45, 2.75) is 25.3 Å². The van der Waals surface area contributed by atoms with E-state index in [4.69, 9.17) is 4.74 Å². The van der Waals surface area contributed by atoms with Gasteiger partial charge in [-0.3, -0.25) is 39.0 Å². The van der Waals surface area contributed by atoms with Gasteiger partial charge in [-0.05, 0) is 18.6 Å². The second-order valence-corrected chi connectivity index (χ2v) is 6.69. The van der Waals surface area contributed by atoms with Crippen LogP contribution in [0.15, 0.2) is 18.2 Å². The van der Waals surface area contributed by atoms with Crippen LogP contribution in [-0.4, -0.2) is 66.6 Å². The molecule has 0 spiro atoms. The van der Waals surface area contributed by atoms with E-state index in [0.717, 1.165) is 4.90 Å². The Hall–Kier alpha value is -3.76. The van der Waals surface area contributed by atoms with E-state index < -0.39 is 42.2 Å². The summed E-state index contributed by atoms with van der Waals surface area (Å²) in [5.74, 6) is -3.25. The van der Waals surface area contributed by atoms with Crippen molar-refractivity contribution in [2.75, 3.05) is 20.2 Å². The highest BCUT2D eigenvalue weighted by Crippen LogP contribution is 2.33. The first-order valence-corrected chi connectivity index (χ1v) is 9.28. The Kier molecular flexibility index (Phi) is 6.09. The molecule has 2 aliphatic rings. The first-order valence-electron chi connectivity index (χ1n) is 9.28. The van der Waals surface area contributed by atoms with Crippen LogP contribution in [0.3, 0.4) is 0 Å². The highest BCUT2D eigenvalue weighted by molar-refractivity contribution is 6.24. The highest BCUT2D eigenvalue weighted by atomic mass is 16.5. The van der Waals surface area contributed by atoms with Crippen molar-refractivity contribution >= 4 is 35.4 Å². The zero-order valence-corrected chi connectivity index (χ0v) is 16.1. The van der Waals surface area contributed by atoms with E-state index in [1.165, 1.54) is 25.2 Å². The number of carbonyl (C=O) groups is 6. The molecule has 0 aliphatic carbocycles. The van der Waals surface area contributed by atoms with E-state index in [-0.39, 0.29) is 48.6 Å². The lowest BCUT2D eigenvalue weighted by molar-refractivity contribution is -0.136. The summed E-state index contributed by atoms with van der Waals surface area (Å²) in [6.45, 7) is -0.306. The molecule has 30 heavy (non-hydrogen) atoms. The maximum atomic E-state index is 12.9. The summed E-state index contributed by atoms with van der Waals surface area (Å²) in [4.78, 5) is 73.0.